The molecule has 0 unspecified atom stereocenters. The van der Waals surface area contributed by atoms with Crippen molar-refractivity contribution in [1.29, 1.82) is 0 Å². The number of sulfone groups is 1. The van der Waals surface area contributed by atoms with E-state index in [1.165, 1.54) is 11.3 Å². The van der Waals surface area contributed by atoms with Crippen LogP contribution in [0.5, 0.6) is 0 Å². The standard InChI is InChI=1S/C32H49N5O8S2/c1-19(2)15-33-31(41)28(20(3)4)37-29(39)21(5)13-26(38)24(14-23-11-9-8-10-12-23)35-30(40)25(18-47(7,43)44)36-32(42)45-16-27-34-22(6)17-46-27/h8-12,17,19-21,24-26,28,38H,13-16,18H2,1-7H3,(H,33,41)(H,35,40)(H,36,42)(H,37,39)/t21-,24-,25+,26+,28-/m1/s1. The lowest BCUT2D eigenvalue weighted by Gasteiger charge is -2.29. The summed E-state index contributed by atoms with van der Waals surface area (Å²) < 4.78 is 29.5. The van der Waals surface area contributed by atoms with Gasteiger partial charge in [-0.1, -0.05) is 65.0 Å². The van der Waals surface area contributed by atoms with Gasteiger partial charge >= 0.3 is 6.09 Å². The minimum atomic E-state index is -3.75. The summed E-state index contributed by atoms with van der Waals surface area (Å²) in [5.41, 5.74) is 1.52. The maximum absolute atomic E-state index is 13.5. The number of thiazole rings is 1. The quantitative estimate of drug-likeness (QED) is 0.155. The van der Waals surface area contributed by atoms with Gasteiger partial charge in [0, 0.05) is 29.8 Å². The molecule has 0 saturated carbocycles. The lowest BCUT2D eigenvalue weighted by Crippen LogP contribution is -2.56. The highest BCUT2D eigenvalue weighted by molar-refractivity contribution is 7.90. The molecule has 5 atom stereocenters. The van der Waals surface area contributed by atoms with Gasteiger partial charge in [0.05, 0.1) is 17.9 Å². The molecule has 262 valence electrons. The van der Waals surface area contributed by atoms with Crippen LogP contribution in [-0.4, -0.2) is 85.1 Å². The number of hydrogen-bond acceptors (Lipinski definition) is 10. The van der Waals surface area contributed by atoms with Crippen LogP contribution < -0.4 is 21.3 Å². The van der Waals surface area contributed by atoms with Crippen molar-refractivity contribution in [2.24, 2.45) is 17.8 Å². The van der Waals surface area contributed by atoms with E-state index in [1.54, 1.807) is 43.5 Å². The number of hydrogen-bond donors (Lipinski definition) is 5. The molecule has 0 bridgehead atoms. The molecule has 5 N–H and O–H groups in total. The van der Waals surface area contributed by atoms with Gasteiger partial charge in [-0.2, -0.15) is 0 Å². The first-order chi connectivity index (χ1) is 21.9. The number of rotatable bonds is 18. The highest BCUT2D eigenvalue weighted by atomic mass is 32.2. The van der Waals surface area contributed by atoms with E-state index < -0.39 is 63.6 Å². The molecule has 15 heteroatoms. The number of amides is 4. The van der Waals surface area contributed by atoms with Gasteiger partial charge < -0.3 is 31.1 Å². The normalized spacial score (nSPS) is 14.9. The molecule has 13 nitrogen and oxygen atoms in total. The number of aliphatic hydroxyl groups is 1. The number of aryl methyl sites for hydroxylation is 1. The molecule has 2 aromatic rings. The van der Waals surface area contributed by atoms with Crippen LogP contribution in [-0.2, 0) is 42.0 Å². The van der Waals surface area contributed by atoms with Crippen molar-refractivity contribution in [3.8, 4) is 0 Å². The first kappa shape index (κ1) is 39.6. The Hall–Kier alpha value is -3.56. The van der Waals surface area contributed by atoms with E-state index in [-0.39, 0.29) is 37.2 Å². The zero-order valence-corrected chi connectivity index (χ0v) is 29.7. The Morgan fingerprint density at radius 2 is 1.62 bits per heavy atom. The summed E-state index contributed by atoms with van der Waals surface area (Å²) in [4.78, 5) is 56.2. The molecule has 1 aromatic carbocycles. The third-order valence-electron chi connectivity index (χ3n) is 7.14. The van der Waals surface area contributed by atoms with Crippen LogP contribution in [0.1, 0.15) is 57.3 Å². The molecule has 0 aliphatic rings. The Balaban J connectivity index is 2.18. The average Bonchev–Trinajstić information content (AvgIpc) is 3.41. The summed E-state index contributed by atoms with van der Waals surface area (Å²) >= 11 is 1.29. The maximum atomic E-state index is 13.5. The second-order valence-corrected chi connectivity index (χ2v) is 15.8. The van der Waals surface area contributed by atoms with Crippen molar-refractivity contribution < 1.29 is 37.4 Å². The molecule has 0 fully saturated rings. The molecule has 0 aliphatic heterocycles. The van der Waals surface area contributed by atoms with Crippen LogP contribution in [0.2, 0.25) is 0 Å². The second kappa shape index (κ2) is 18.7. The molecule has 4 amide bonds. The molecular weight excluding hydrogens is 647 g/mol. The van der Waals surface area contributed by atoms with Gasteiger partial charge in [0.25, 0.3) is 0 Å². The molecule has 0 spiro atoms. The Labute approximate surface area is 281 Å². The average molecular weight is 696 g/mol. The van der Waals surface area contributed by atoms with Crippen LogP contribution in [0.3, 0.4) is 0 Å². The molecule has 47 heavy (non-hydrogen) atoms. The topological polar surface area (TPSA) is 193 Å². The molecule has 1 heterocycles. The summed E-state index contributed by atoms with van der Waals surface area (Å²) in [5.74, 6) is -3.02. The molecule has 0 aliphatic carbocycles. The fourth-order valence-corrected chi connectivity index (χ4v) is 6.10. The zero-order chi connectivity index (χ0) is 35.3. The van der Waals surface area contributed by atoms with E-state index >= 15 is 0 Å². The van der Waals surface area contributed by atoms with Gasteiger partial charge in [-0.15, -0.1) is 11.3 Å². The van der Waals surface area contributed by atoms with E-state index in [9.17, 15) is 32.7 Å². The van der Waals surface area contributed by atoms with Crippen molar-refractivity contribution in [2.45, 2.75) is 85.2 Å². The first-order valence-electron chi connectivity index (χ1n) is 15.6. The number of aromatic nitrogens is 1. The number of carbonyl (C=O) groups excluding carboxylic acids is 4. The molecule has 0 radical (unpaired) electrons. The van der Waals surface area contributed by atoms with Crippen LogP contribution in [0.25, 0.3) is 0 Å². The Morgan fingerprint density at radius 3 is 2.17 bits per heavy atom. The number of aliphatic hydroxyl groups excluding tert-OH is 1. The summed E-state index contributed by atoms with van der Waals surface area (Å²) in [6, 6.07) is 5.73. The number of carbonyl (C=O) groups is 4. The van der Waals surface area contributed by atoms with Gasteiger partial charge in [-0.3, -0.25) is 14.4 Å². The van der Waals surface area contributed by atoms with Crippen molar-refractivity contribution in [3.05, 3.63) is 52.0 Å². The van der Waals surface area contributed by atoms with Gasteiger partial charge in [0.15, 0.2) is 0 Å². The van der Waals surface area contributed by atoms with E-state index in [1.807, 2.05) is 33.8 Å². The summed E-state index contributed by atoms with van der Waals surface area (Å²) in [7, 11) is -3.75. The van der Waals surface area contributed by atoms with Crippen molar-refractivity contribution in [1.82, 2.24) is 26.3 Å². The Bertz CT molecular complexity index is 1430. The van der Waals surface area contributed by atoms with Crippen molar-refractivity contribution >= 4 is 45.0 Å². The number of ether oxygens (including phenoxy) is 1. The fourth-order valence-electron chi connectivity index (χ4n) is 4.58. The lowest BCUT2D eigenvalue weighted by molar-refractivity contribution is -0.132. The predicted molar refractivity (Wildman–Crippen MR) is 180 cm³/mol. The number of benzene rings is 1. The summed E-state index contributed by atoms with van der Waals surface area (Å²) in [6.07, 6.45) is -1.27. The van der Waals surface area contributed by atoms with Crippen LogP contribution >= 0.6 is 11.3 Å². The Kier molecular flexibility index (Phi) is 15.8. The second-order valence-electron chi connectivity index (χ2n) is 12.6. The minimum Gasteiger partial charge on any atom is -0.442 e. The van der Waals surface area contributed by atoms with Gasteiger partial charge in [-0.05, 0) is 37.2 Å². The molecule has 0 saturated heterocycles. The predicted octanol–water partition coefficient (Wildman–Crippen LogP) is 2.12. The number of nitrogens with zero attached hydrogens (tertiary/aromatic N) is 1. The van der Waals surface area contributed by atoms with Crippen LogP contribution in [0.15, 0.2) is 35.7 Å². The number of nitrogens with one attached hydrogen (secondary N) is 4. The maximum Gasteiger partial charge on any atom is 0.408 e. The fraction of sp³-hybridized carbons (Fsp3) is 0.594. The molecule has 2 rings (SSSR count). The highest BCUT2D eigenvalue weighted by Gasteiger charge is 2.33. The smallest absolute Gasteiger partial charge is 0.408 e. The summed E-state index contributed by atoms with van der Waals surface area (Å²) in [5, 5.41) is 24.3. The van der Waals surface area contributed by atoms with Gasteiger partial charge in [0.2, 0.25) is 17.7 Å². The highest BCUT2D eigenvalue weighted by Crippen LogP contribution is 2.16. The van der Waals surface area contributed by atoms with E-state index in [0.29, 0.717) is 11.6 Å². The number of alkyl carbamates (subject to hydrolysis) is 1. The largest absolute Gasteiger partial charge is 0.442 e. The lowest BCUT2D eigenvalue weighted by atomic mass is 9.92. The SMILES string of the molecule is Cc1csc(COC(=O)N[C@@H](CS(C)(=O)=O)C(=O)N[C@H](Cc2ccccc2)[C@@H](O)C[C@@H](C)C(=O)N[C@@H](C(=O)NCC(C)C)C(C)C)n1. The van der Waals surface area contributed by atoms with Gasteiger partial charge in [0.1, 0.15) is 33.5 Å². The van der Waals surface area contributed by atoms with Crippen molar-refractivity contribution in [2.75, 3.05) is 18.6 Å². The van der Waals surface area contributed by atoms with Crippen LogP contribution in [0, 0.1) is 24.7 Å². The summed E-state index contributed by atoms with van der Waals surface area (Å²) in [6.45, 7) is 11.3. The van der Waals surface area contributed by atoms with Crippen LogP contribution in [0.4, 0.5) is 4.79 Å². The first-order valence-corrected chi connectivity index (χ1v) is 18.5. The van der Waals surface area contributed by atoms with Crippen molar-refractivity contribution in [3.63, 3.8) is 0 Å². The minimum absolute atomic E-state index is 0.0819. The van der Waals surface area contributed by atoms with E-state index in [4.69, 9.17) is 4.74 Å². The monoisotopic (exact) mass is 695 g/mol. The van der Waals surface area contributed by atoms with Gasteiger partial charge in [-0.25, -0.2) is 18.2 Å². The molecule has 1 aromatic heterocycles. The molecular formula is C32H49N5O8S2. The third kappa shape index (κ3) is 14.8. The third-order valence-corrected chi connectivity index (χ3v) is 9.01. The van der Waals surface area contributed by atoms with E-state index in [0.717, 1.165) is 17.5 Å². The van der Waals surface area contributed by atoms with E-state index in [2.05, 4.69) is 26.3 Å². The zero-order valence-electron chi connectivity index (χ0n) is 28.1. The Morgan fingerprint density at radius 1 is 0.957 bits per heavy atom.